The molecule has 0 saturated heterocycles. The smallest absolute Gasteiger partial charge is 0.0729 e. The maximum atomic E-state index is 10.1. The minimum Gasteiger partial charge on any atom is -0.396 e. The molecule has 0 saturated carbocycles. The Balaban J connectivity index is 0.00000117. The molecule has 4 nitrogen and oxygen atoms in total. The first kappa shape index (κ1) is 47.0. The van der Waals surface area contributed by atoms with Crippen molar-refractivity contribution in [2.24, 2.45) is 22.7 Å². The van der Waals surface area contributed by atoms with E-state index in [1.807, 2.05) is 19.9 Å². The summed E-state index contributed by atoms with van der Waals surface area (Å²) in [6, 6.07) is 0. The Morgan fingerprint density at radius 1 is 0.788 bits per heavy atom. The molecular formula is C48H74O4. The van der Waals surface area contributed by atoms with Gasteiger partial charge in [-0.25, -0.2) is 0 Å². The normalized spacial score (nSPS) is 24.7. The van der Waals surface area contributed by atoms with E-state index in [4.69, 9.17) is 5.11 Å². The third kappa shape index (κ3) is 17.7. The summed E-state index contributed by atoms with van der Waals surface area (Å²) in [5.74, 6) is 0.431. The van der Waals surface area contributed by atoms with Crippen LogP contribution in [0.15, 0.2) is 130 Å². The van der Waals surface area contributed by atoms with Gasteiger partial charge in [-0.3, -0.25) is 0 Å². The molecule has 2 unspecified atom stereocenters. The van der Waals surface area contributed by atoms with Gasteiger partial charge in [-0.2, -0.15) is 0 Å². The Bertz CT molecular complexity index is 1440. The van der Waals surface area contributed by atoms with Crippen LogP contribution < -0.4 is 0 Å². The molecule has 2 aliphatic rings. The molecule has 52 heavy (non-hydrogen) atoms. The molecule has 0 amide bonds. The van der Waals surface area contributed by atoms with Crippen molar-refractivity contribution in [3.8, 4) is 0 Å². The number of hydrogen-bond donors (Lipinski definition) is 4. The minimum atomic E-state index is -0.331. The van der Waals surface area contributed by atoms with E-state index in [0.717, 1.165) is 38.5 Å². The summed E-state index contributed by atoms with van der Waals surface area (Å²) >= 11 is 0. The topological polar surface area (TPSA) is 80.9 Å². The first-order valence-electron chi connectivity index (χ1n) is 19.5. The van der Waals surface area contributed by atoms with Gasteiger partial charge in [0, 0.05) is 18.4 Å². The quantitative estimate of drug-likeness (QED) is 0.101. The summed E-state index contributed by atoms with van der Waals surface area (Å²) in [6.07, 6.45) is 36.1. The Hall–Kier alpha value is -3.02. The van der Waals surface area contributed by atoms with E-state index in [9.17, 15) is 15.3 Å². The molecule has 290 valence electrons. The zero-order valence-corrected chi connectivity index (χ0v) is 34.8. The highest BCUT2D eigenvalue weighted by Gasteiger charge is 2.34. The first-order valence-corrected chi connectivity index (χ1v) is 19.5. The summed E-state index contributed by atoms with van der Waals surface area (Å²) in [5, 5.41) is 38.3. The summed E-state index contributed by atoms with van der Waals surface area (Å²) in [4.78, 5) is 0. The van der Waals surface area contributed by atoms with Gasteiger partial charge in [-0.05, 0) is 90.0 Å². The lowest BCUT2D eigenvalue weighted by Crippen LogP contribution is -2.32. The van der Waals surface area contributed by atoms with Crippen molar-refractivity contribution in [1.29, 1.82) is 0 Å². The maximum absolute atomic E-state index is 10.1. The predicted molar refractivity (Wildman–Crippen MR) is 226 cm³/mol. The first-order chi connectivity index (χ1) is 24.4. The summed E-state index contributed by atoms with van der Waals surface area (Å²) in [5.41, 5.74) is 8.73. The third-order valence-corrected chi connectivity index (χ3v) is 10.2. The van der Waals surface area contributed by atoms with Crippen LogP contribution in [0.2, 0.25) is 0 Å². The SMILES string of the molecule is CC1=C[C@H](O)CC(C)(C)[C@H]1/C=C/C(C)=C/C=C/C(C)=C/C=C/C=C(C)/C=C/C=C(C)/C=C/C1=C(C)C[C@@H](O)CC1(C)C.CCCC(O)C(CC)CO. The van der Waals surface area contributed by atoms with Crippen LogP contribution in [0.3, 0.4) is 0 Å². The second kappa shape index (κ2) is 23.6. The third-order valence-electron chi connectivity index (χ3n) is 10.2. The Kier molecular flexibility index (Phi) is 21.3. The van der Waals surface area contributed by atoms with Gasteiger partial charge in [0.15, 0.2) is 0 Å². The minimum absolute atomic E-state index is 0.00528. The fraction of sp³-hybridized carbons (Fsp3) is 0.542. The zero-order chi connectivity index (χ0) is 39.5. The van der Waals surface area contributed by atoms with Gasteiger partial charge < -0.3 is 20.4 Å². The molecule has 2 rings (SSSR count). The number of aliphatic hydroxyl groups is 4. The molecule has 0 aromatic carbocycles. The van der Waals surface area contributed by atoms with Crippen molar-refractivity contribution in [2.75, 3.05) is 6.61 Å². The number of allylic oxidation sites excluding steroid dienone is 20. The van der Waals surface area contributed by atoms with Crippen molar-refractivity contribution in [3.63, 3.8) is 0 Å². The van der Waals surface area contributed by atoms with Crippen molar-refractivity contribution in [2.45, 2.75) is 140 Å². The molecule has 0 spiro atoms. The molecule has 5 atom stereocenters. The van der Waals surface area contributed by atoms with Crippen molar-refractivity contribution >= 4 is 0 Å². The standard InChI is InChI=1S/C40H56O2.C8H18O2/c1-29(17-13-19-31(3)21-23-37-33(5)25-35(41)27-39(37,7)8)15-11-12-16-30(2)18-14-20-32(4)22-24-38-34(6)26-36(42)28-40(38,9)10;1-3-5-8(10)7(4-2)6-9/h11-25,35-37,41-42H,26-28H2,1-10H3;7-10H,3-6H2,1-2H3/b12-11+,17-13+,18-14+,23-21+,24-22+,29-15+,30-16+,31-19+,32-20+;/t35-,36+,37-;/m0./s1. The highest BCUT2D eigenvalue weighted by molar-refractivity contribution is 5.38. The molecule has 0 aromatic heterocycles. The number of hydrogen-bond acceptors (Lipinski definition) is 4. The highest BCUT2D eigenvalue weighted by atomic mass is 16.3. The van der Waals surface area contributed by atoms with Gasteiger partial charge in [-0.15, -0.1) is 0 Å². The fourth-order valence-corrected chi connectivity index (χ4v) is 7.20. The van der Waals surface area contributed by atoms with Crippen molar-refractivity contribution in [1.82, 2.24) is 0 Å². The van der Waals surface area contributed by atoms with Crippen LogP contribution in [0.1, 0.15) is 122 Å². The summed E-state index contributed by atoms with van der Waals surface area (Å²) in [7, 11) is 0. The van der Waals surface area contributed by atoms with E-state index in [-0.39, 0.29) is 41.7 Å². The summed E-state index contributed by atoms with van der Waals surface area (Å²) < 4.78 is 0. The molecule has 0 bridgehead atoms. The molecular weight excluding hydrogens is 641 g/mol. The van der Waals surface area contributed by atoms with E-state index in [2.05, 4.69) is 154 Å². The maximum Gasteiger partial charge on any atom is 0.0729 e. The van der Waals surface area contributed by atoms with Crippen molar-refractivity contribution in [3.05, 3.63) is 130 Å². The molecule has 0 heterocycles. The van der Waals surface area contributed by atoms with Crippen LogP contribution in [0.25, 0.3) is 0 Å². The van der Waals surface area contributed by atoms with E-state index in [1.54, 1.807) is 0 Å². The van der Waals surface area contributed by atoms with Gasteiger partial charge in [-0.1, -0.05) is 173 Å². The van der Waals surface area contributed by atoms with Crippen LogP contribution >= 0.6 is 0 Å². The fourth-order valence-electron chi connectivity index (χ4n) is 7.20. The van der Waals surface area contributed by atoms with Crippen LogP contribution in [0, 0.1) is 22.7 Å². The predicted octanol–water partition coefficient (Wildman–Crippen LogP) is 11.6. The zero-order valence-electron chi connectivity index (χ0n) is 34.8. The average Bonchev–Trinajstić information content (AvgIpc) is 3.02. The van der Waals surface area contributed by atoms with Gasteiger partial charge >= 0.3 is 0 Å². The molecule has 0 aliphatic heterocycles. The number of rotatable bonds is 15. The molecule has 4 heteroatoms. The molecule has 4 N–H and O–H groups in total. The second-order valence-electron chi connectivity index (χ2n) is 16.4. The van der Waals surface area contributed by atoms with E-state index in [0.29, 0.717) is 5.92 Å². The Labute approximate surface area is 318 Å². The molecule has 0 radical (unpaired) electrons. The molecule has 0 fully saturated rings. The monoisotopic (exact) mass is 715 g/mol. The van der Waals surface area contributed by atoms with Crippen molar-refractivity contribution < 1.29 is 20.4 Å². The van der Waals surface area contributed by atoms with Gasteiger partial charge in [0.05, 0.1) is 18.3 Å². The molecule has 2 aliphatic carbocycles. The number of aliphatic hydroxyl groups excluding tert-OH is 4. The average molecular weight is 715 g/mol. The van der Waals surface area contributed by atoms with E-state index < -0.39 is 0 Å². The van der Waals surface area contributed by atoms with Crippen LogP contribution in [-0.2, 0) is 0 Å². The van der Waals surface area contributed by atoms with Gasteiger partial charge in [0.1, 0.15) is 0 Å². The van der Waals surface area contributed by atoms with Crippen LogP contribution in [-0.4, -0.2) is 45.3 Å². The van der Waals surface area contributed by atoms with E-state index in [1.165, 1.54) is 39.0 Å². The Morgan fingerprint density at radius 3 is 1.79 bits per heavy atom. The van der Waals surface area contributed by atoms with Crippen LogP contribution in [0.5, 0.6) is 0 Å². The second-order valence-corrected chi connectivity index (χ2v) is 16.4. The van der Waals surface area contributed by atoms with Crippen LogP contribution in [0.4, 0.5) is 0 Å². The molecule has 0 aromatic rings. The largest absolute Gasteiger partial charge is 0.396 e. The lowest BCUT2D eigenvalue weighted by atomic mass is 9.67. The van der Waals surface area contributed by atoms with Gasteiger partial charge in [0.25, 0.3) is 0 Å². The Morgan fingerprint density at radius 2 is 1.31 bits per heavy atom. The lowest BCUT2D eigenvalue weighted by Gasteiger charge is -2.38. The van der Waals surface area contributed by atoms with E-state index >= 15 is 0 Å². The van der Waals surface area contributed by atoms with Gasteiger partial charge in [0.2, 0.25) is 0 Å². The highest BCUT2D eigenvalue weighted by Crippen LogP contribution is 2.42. The lowest BCUT2D eigenvalue weighted by molar-refractivity contribution is 0.0584. The summed E-state index contributed by atoms with van der Waals surface area (Å²) in [6.45, 7) is 25.8.